The standard InChI is InChI=1S/C26H40O10/c1-11-12-4-5-14-24-10-34-26(33,25(14,8-12)20(11)31)21(32)19(24)23(2,3)7-6-15(24)36-22-18(30)17(29)16(28)13(9-27)35-22/h12-22,27-33H,1,4-10H2,2-3H3/t12-,13-,14+,15+,16-,17+,18-,19-,20-,21+,22+,24-,25+,26-/m1/s1. The van der Waals surface area contributed by atoms with Crippen LogP contribution in [0.2, 0.25) is 0 Å². The first-order valence-corrected chi connectivity index (χ1v) is 13.2. The Labute approximate surface area is 210 Å². The van der Waals surface area contributed by atoms with Gasteiger partial charge < -0.3 is 50.0 Å². The summed E-state index contributed by atoms with van der Waals surface area (Å²) in [5, 5.41) is 76.3. The molecule has 0 amide bonds. The van der Waals surface area contributed by atoms with Gasteiger partial charge in [0.2, 0.25) is 5.79 Å². The van der Waals surface area contributed by atoms with Crippen LogP contribution in [0, 0.1) is 34.0 Å². The van der Waals surface area contributed by atoms with Crippen molar-refractivity contribution in [1.82, 2.24) is 0 Å². The highest BCUT2D eigenvalue weighted by molar-refractivity contribution is 5.35. The van der Waals surface area contributed by atoms with E-state index in [1.54, 1.807) is 0 Å². The van der Waals surface area contributed by atoms with E-state index >= 15 is 0 Å². The minimum Gasteiger partial charge on any atom is -0.394 e. The molecule has 0 radical (unpaired) electrons. The molecule has 0 unspecified atom stereocenters. The minimum atomic E-state index is -1.93. The fourth-order valence-corrected chi connectivity index (χ4v) is 9.58. The van der Waals surface area contributed by atoms with Crippen LogP contribution >= 0.6 is 0 Å². The zero-order chi connectivity index (χ0) is 26.0. The lowest BCUT2D eigenvalue weighted by Crippen LogP contribution is -2.84. The van der Waals surface area contributed by atoms with Crippen LogP contribution in [-0.4, -0.2) is 104 Å². The number of ether oxygens (including phenoxy) is 3. The van der Waals surface area contributed by atoms with Crippen LogP contribution in [0.3, 0.4) is 0 Å². The monoisotopic (exact) mass is 512 g/mol. The van der Waals surface area contributed by atoms with Gasteiger partial charge >= 0.3 is 0 Å². The summed E-state index contributed by atoms with van der Waals surface area (Å²) in [7, 11) is 0. The Hall–Kier alpha value is -0.660. The molecule has 7 N–H and O–H groups in total. The van der Waals surface area contributed by atoms with Gasteiger partial charge in [0, 0.05) is 11.3 Å². The molecule has 10 heteroatoms. The molecule has 0 aromatic rings. The van der Waals surface area contributed by atoms with E-state index in [9.17, 15) is 35.7 Å². The lowest BCUT2D eigenvalue weighted by molar-refractivity contribution is -0.473. The highest BCUT2D eigenvalue weighted by Crippen LogP contribution is 2.77. The van der Waals surface area contributed by atoms with Gasteiger partial charge in [0.1, 0.15) is 30.5 Å². The van der Waals surface area contributed by atoms with Crippen LogP contribution in [0.5, 0.6) is 0 Å². The predicted octanol–water partition coefficient (Wildman–Crippen LogP) is -0.979. The number of aliphatic hydroxyl groups excluding tert-OH is 6. The molecule has 4 saturated carbocycles. The predicted molar refractivity (Wildman–Crippen MR) is 123 cm³/mol. The minimum absolute atomic E-state index is 0.0340. The summed E-state index contributed by atoms with van der Waals surface area (Å²) < 4.78 is 18.3. The molecule has 2 spiro atoms. The topological polar surface area (TPSA) is 169 Å². The van der Waals surface area contributed by atoms with Gasteiger partial charge in [-0.05, 0) is 54.9 Å². The molecule has 14 atom stereocenters. The first kappa shape index (κ1) is 25.6. The van der Waals surface area contributed by atoms with Crippen molar-refractivity contribution in [2.24, 2.45) is 34.0 Å². The molecule has 0 aromatic carbocycles. The molecular formula is C26H40O10. The van der Waals surface area contributed by atoms with Crippen molar-refractivity contribution in [3.05, 3.63) is 12.2 Å². The molecule has 7 fully saturated rings. The van der Waals surface area contributed by atoms with Crippen molar-refractivity contribution in [3.63, 3.8) is 0 Å². The second-order valence-electron chi connectivity index (χ2n) is 12.9. The molecular weight excluding hydrogens is 472 g/mol. The zero-order valence-corrected chi connectivity index (χ0v) is 20.9. The molecule has 3 saturated heterocycles. The Bertz CT molecular complexity index is 924. The second kappa shape index (κ2) is 7.94. The van der Waals surface area contributed by atoms with Gasteiger partial charge in [-0.15, -0.1) is 0 Å². The third kappa shape index (κ3) is 2.81. The zero-order valence-electron chi connectivity index (χ0n) is 20.9. The van der Waals surface area contributed by atoms with Gasteiger partial charge in [-0.3, -0.25) is 0 Å². The van der Waals surface area contributed by atoms with Crippen LogP contribution < -0.4 is 0 Å². The van der Waals surface area contributed by atoms with Crippen molar-refractivity contribution in [2.45, 2.75) is 101 Å². The number of rotatable bonds is 3. The summed E-state index contributed by atoms with van der Waals surface area (Å²) in [6.45, 7) is 7.81. The first-order valence-electron chi connectivity index (χ1n) is 13.2. The van der Waals surface area contributed by atoms with Crippen molar-refractivity contribution >= 4 is 0 Å². The number of aliphatic hydroxyl groups is 7. The Morgan fingerprint density at radius 3 is 2.44 bits per heavy atom. The van der Waals surface area contributed by atoms with Crippen molar-refractivity contribution in [1.29, 1.82) is 0 Å². The summed E-state index contributed by atoms with van der Waals surface area (Å²) in [5.74, 6) is -2.58. The number of hydrogen-bond acceptors (Lipinski definition) is 10. The third-order valence-corrected chi connectivity index (χ3v) is 11.2. The molecule has 4 bridgehead atoms. The second-order valence-corrected chi connectivity index (χ2v) is 12.9. The third-order valence-electron chi connectivity index (χ3n) is 11.2. The van der Waals surface area contributed by atoms with E-state index in [0.29, 0.717) is 31.3 Å². The van der Waals surface area contributed by atoms with E-state index < -0.39 is 78.2 Å². The Kier molecular flexibility index (Phi) is 5.65. The number of fused-ring (bicyclic) bond motifs is 2. The largest absolute Gasteiger partial charge is 0.394 e. The molecule has 0 aromatic heterocycles. The fraction of sp³-hybridized carbons (Fsp3) is 0.923. The maximum absolute atomic E-state index is 12.0. The Morgan fingerprint density at radius 2 is 1.75 bits per heavy atom. The Morgan fingerprint density at radius 1 is 1.03 bits per heavy atom. The highest BCUT2D eigenvalue weighted by atomic mass is 16.7. The van der Waals surface area contributed by atoms with Crippen LogP contribution in [0.4, 0.5) is 0 Å². The molecule has 36 heavy (non-hydrogen) atoms. The van der Waals surface area contributed by atoms with Gasteiger partial charge in [-0.25, -0.2) is 0 Å². The van der Waals surface area contributed by atoms with Crippen LogP contribution in [0.15, 0.2) is 12.2 Å². The summed E-state index contributed by atoms with van der Waals surface area (Å²) in [6.07, 6.45) is -6.80. The van der Waals surface area contributed by atoms with Gasteiger partial charge in [0.15, 0.2) is 6.29 Å². The first-order chi connectivity index (χ1) is 16.9. The molecule has 7 aliphatic rings. The summed E-state index contributed by atoms with van der Waals surface area (Å²) >= 11 is 0. The van der Waals surface area contributed by atoms with Gasteiger partial charge in [-0.1, -0.05) is 20.4 Å². The molecule has 10 nitrogen and oxygen atoms in total. The average Bonchev–Trinajstić information content (AvgIpc) is 3.03. The van der Waals surface area contributed by atoms with E-state index in [4.69, 9.17) is 14.2 Å². The summed E-state index contributed by atoms with van der Waals surface area (Å²) in [5.41, 5.74) is -1.67. The molecule has 4 aliphatic carbocycles. The maximum Gasteiger partial charge on any atom is 0.201 e. The van der Waals surface area contributed by atoms with E-state index in [1.165, 1.54) is 0 Å². The lowest BCUT2D eigenvalue weighted by Gasteiger charge is -2.75. The van der Waals surface area contributed by atoms with E-state index in [2.05, 4.69) is 20.4 Å². The van der Waals surface area contributed by atoms with Crippen LogP contribution in [0.1, 0.15) is 46.0 Å². The quantitative estimate of drug-likeness (QED) is 0.233. The van der Waals surface area contributed by atoms with E-state index in [-0.39, 0.29) is 23.9 Å². The van der Waals surface area contributed by atoms with Crippen molar-refractivity contribution in [3.8, 4) is 0 Å². The molecule has 3 heterocycles. The molecule has 204 valence electrons. The molecule has 3 aliphatic heterocycles. The van der Waals surface area contributed by atoms with Crippen LogP contribution in [0.25, 0.3) is 0 Å². The fourth-order valence-electron chi connectivity index (χ4n) is 9.58. The maximum atomic E-state index is 12.0. The number of hydrogen-bond donors (Lipinski definition) is 7. The van der Waals surface area contributed by atoms with E-state index in [0.717, 1.165) is 6.42 Å². The van der Waals surface area contributed by atoms with Crippen molar-refractivity contribution in [2.75, 3.05) is 13.2 Å². The summed E-state index contributed by atoms with van der Waals surface area (Å²) in [4.78, 5) is 0. The lowest BCUT2D eigenvalue weighted by atomic mass is 9.36. The van der Waals surface area contributed by atoms with Gasteiger partial charge in [0.25, 0.3) is 0 Å². The average molecular weight is 513 g/mol. The Balaban J connectivity index is 1.44. The summed E-state index contributed by atoms with van der Waals surface area (Å²) in [6, 6.07) is 0. The van der Waals surface area contributed by atoms with Crippen molar-refractivity contribution < 1.29 is 50.0 Å². The van der Waals surface area contributed by atoms with Gasteiger partial charge in [0.05, 0.1) is 30.8 Å². The van der Waals surface area contributed by atoms with Crippen LogP contribution in [-0.2, 0) is 14.2 Å². The van der Waals surface area contributed by atoms with Gasteiger partial charge in [-0.2, -0.15) is 0 Å². The van der Waals surface area contributed by atoms with E-state index in [1.807, 2.05) is 0 Å². The highest BCUT2D eigenvalue weighted by Gasteiger charge is 2.84. The smallest absolute Gasteiger partial charge is 0.201 e. The normalized spacial score (nSPS) is 59.5. The SMILES string of the molecule is C=C1[C@@H]2CC[C@H]3[C@@]45CO[C@](O)([C@@H](O)[C@@H]4C(C)(C)CC[C@@H]5O[C@@H]4O[C@H](CO)[C@@H](O)[C@H](O)[C@H]4O)[C@]3(C2)[C@@H]1O. The molecule has 7 rings (SSSR count).